The summed E-state index contributed by atoms with van der Waals surface area (Å²) < 4.78 is 6.87. The third-order valence-electron chi connectivity index (χ3n) is 5.30. The van der Waals surface area contributed by atoms with Gasteiger partial charge in [-0.3, -0.25) is 9.59 Å². The van der Waals surface area contributed by atoms with Crippen LogP contribution in [0.15, 0.2) is 12.1 Å². The standard InChI is InChI=1S/C18H23N5O3S/c1-11-3-4-14(27-11)18(25)22-8-12-7-15-20-21-16(17(24)19-5-6-26-2)23(15)10-13(12)9-22/h3-4,12-13H,5-10H2,1-2H3,(H,19,24)/t12-,13-/m0/s1. The molecule has 2 amide bonds. The molecular weight excluding hydrogens is 366 g/mol. The zero-order valence-electron chi connectivity index (χ0n) is 15.5. The zero-order valence-corrected chi connectivity index (χ0v) is 16.3. The van der Waals surface area contributed by atoms with Crippen LogP contribution in [-0.4, -0.2) is 64.8 Å². The number of nitrogens with zero attached hydrogens (tertiary/aromatic N) is 4. The molecule has 0 radical (unpaired) electrons. The molecule has 1 N–H and O–H groups in total. The highest BCUT2D eigenvalue weighted by Gasteiger charge is 2.41. The van der Waals surface area contributed by atoms with Crippen LogP contribution in [0.1, 0.15) is 31.0 Å². The van der Waals surface area contributed by atoms with Crippen LogP contribution in [0.5, 0.6) is 0 Å². The number of methoxy groups -OCH3 is 1. The number of ether oxygens (including phenoxy) is 1. The number of nitrogens with one attached hydrogen (secondary N) is 1. The maximum Gasteiger partial charge on any atom is 0.289 e. The highest BCUT2D eigenvalue weighted by atomic mass is 32.1. The fourth-order valence-electron chi connectivity index (χ4n) is 3.91. The van der Waals surface area contributed by atoms with E-state index >= 15 is 0 Å². The predicted octanol–water partition coefficient (Wildman–Crippen LogP) is 0.969. The largest absolute Gasteiger partial charge is 0.383 e. The van der Waals surface area contributed by atoms with Gasteiger partial charge in [0.25, 0.3) is 11.8 Å². The Labute approximate surface area is 161 Å². The SMILES string of the molecule is COCCNC(=O)c1nnc2n1C[C@@H]1CN(C(=O)c3ccc(C)s3)C[C@@H]1C2. The third-order valence-corrected chi connectivity index (χ3v) is 6.29. The van der Waals surface area contributed by atoms with Gasteiger partial charge in [0.05, 0.1) is 11.5 Å². The molecule has 2 aliphatic rings. The van der Waals surface area contributed by atoms with Crippen molar-refractivity contribution in [2.45, 2.75) is 19.9 Å². The normalized spacial score (nSPS) is 21.0. The summed E-state index contributed by atoms with van der Waals surface area (Å²) in [5, 5.41) is 11.1. The number of hydrogen-bond acceptors (Lipinski definition) is 6. The van der Waals surface area contributed by atoms with Crippen molar-refractivity contribution in [2.75, 3.05) is 33.4 Å². The molecule has 4 heterocycles. The van der Waals surface area contributed by atoms with E-state index < -0.39 is 0 Å². The topological polar surface area (TPSA) is 89.3 Å². The van der Waals surface area contributed by atoms with Crippen molar-refractivity contribution in [3.05, 3.63) is 33.5 Å². The highest BCUT2D eigenvalue weighted by Crippen LogP contribution is 2.33. The number of thiophene rings is 1. The summed E-state index contributed by atoms with van der Waals surface area (Å²) in [5.41, 5.74) is 0. The lowest BCUT2D eigenvalue weighted by molar-refractivity contribution is 0.0787. The first kappa shape index (κ1) is 18.1. The number of aromatic nitrogens is 3. The molecule has 0 aliphatic carbocycles. The van der Waals surface area contributed by atoms with Crippen molar-refractivity contribution < 1.29 is 14.3 Å². The lowest BCUT2D eigenvalue weighted by Gasteiger charge is -2.25. The maximum absolute atomic E-state index is 12.8. The van der Waals surface area contributed by atoms with Crippen LogP contribution in [0.3, 0.4) is 0 Å². The van der Waals surface area contributed by atoms with Gasteiger partial charge in [-0.1, -0.05) is 0 Å². The van der Waals surface area contributed by atoms with Gasteiger partial charge in [0, 0.05) is 44.6 Å². The number of rotatable bonds is 5. The molecule has 1 saturated heterocycles. The van der Waals surface area contributed by atoms with Crippen LogP contribution in [-0.2, 0) is 17.7 Å². The number of amides is 2. The van der Waals surface area contributed by atoms with Crippen molar-refractivity contribution in [1.29, 1.82) is 0 Å². The molecule has 0 saturated carbocycles. The van der Waals surface area contributed by atoms with Crippen LogP contribution in [0, 0.1) is 18.8 Å². The van der Waals surface area contributed by atoms with Crippen LogP contribution >= 0.6 is 11.3 Å². The molecule has 0 unspecified atom stereocenters. The second kappa shape index (κ2) is 7.40. The van der Waals surface area contributed by atoms with Crippen molar-refractivity contribution >= 4 is 23.2 Å². The van der Waals surface area contributed by atoms with Crippen LogP contribution in [0.2, 0.25) is 0 Å². The molecule has 2 atom stereocenters. The molecule has 0 aromatic carbocycles. The molecule has 2 aromatic heterocycles. The fourth-order valence-corrected chi connectivity index (χ4v) is 4.74. The van der Waals surface area contributed by atoms with E-state index in [2.05, 4.69) is 15.5 Å². The Hall–Kier alpha value is -2.26. The lowest BCUT2D eigenvalue weighted by atomic mass is 9.89. The summed E-state index contributed by atoms with van der Waals surface area (Å²) in [7, 11) is 1.59. The highest BCUT2D eigenvalue weighted by molar-refractivity contribution is 7.13. The molecule has 9 heteroatoms. The van der Waals surface area contributed by atoms with Gasteiger partial charge < -0.3 is 19.5 Å². The first-order valence-electron chi connectivity index (χ1n) is 9.11. The zero-order chi connectivity index (χ0) is 19.0. The van der Waals surface area contributed by atoms with Crippen LogP contribution < -0.4 is 5.32 Å². The summed E-state index contributed by atoms with van der Waals surface area (Å²) in [4.78, 5) is 29.0. The number of carbonyl (C=O) groups excluding carboxylic acids is 2. The van der Waals surface area contributed by atoms with E-state index in [0.29, 0.717) is 43.9 Å². The molecule has 2 aromatic rings. The minimum atomic E-state index is -0.232. The average Bonchev–Trinajstić information content (AvgIpc) is 3.36. The van der Waals surface area contributed by atoms with E-state index in [9.17, 15) is 9.59 Å². The van der Waals surface area contributed by atoms with Gasteiger partial charge in [0.2, 0.25) is 5.82 Å². The smallest absolute Gasteiger partial charge is 0.289 e. The van der Waals surface area contributed by atoms with Crippen molar-refractivity contribution in [3.8, 4) is 0 Å². The van der Waals surface area contributed by atoms with Gasteiger partial charge in [0.15, 0.2) is 0 Å². The van der Waals surface area contributed by atoms with Crippen LogP contribution in [0.25, 0.3) is 0 Å². The summed E-state index contributed by atoms with van der Waals surface area (Å²) in [6, 6.07) is 3.89. The number of fused-ring (bicyclic) bond motifs is 2. The number of hydrogen-bond donors (Lipinski definition) is 1. The second-order valence-electron chi connectivity index (χ2n) is 7.14. The van der Waals surface area contributed by atoms with E-state index in [-0.39, 0.29) is 11.8 Å². The quantitative estimate of drug-likeness (QED) is 0.770. The molecule has 2 aliphatic heterocycles. The molecule has 8 nitrogen and oxygen atoms in total. The molecule has 0 bridgehead atoms. The molecule has 27 heavy (non-hydrogen) atoms. The van der Waals surface area contributed by atoms with Gasteiger partial charge in [-0.05, 0) is 30.9 Å². The van der Waals surface area contributed by atoms with E-state index in [1.807, 2.05) is 28.5 Å². The number of aryl methyl sites for hydroxylation is 1. The van der Waals surface area contributed by atoms with Crippen LogP contribution in [0.4, 0.5) is 0 Å². The first-order chi connectivity index (χ1) is 13.1. The molecule has 0 spiro atoms. The number of carbonyl (C=O) groups is 2. The summed E-state index contributed by atoms with van der Waals surface area (Å²) in [6.45, 7) is 5.03. The lowest BCUT2D eigenvalue weighted by Crippen LogP contribution is -2.34. The van der Waals surface area contributed by atoms with Crippen molar-refractivity contribution in [2.24, 2.45) is 11.8 Å². The Bertz CT molecular complexity index is 861. The Morgan fingerprint density at radius 2 is 2.07 bits per heavy atom. The van der Waals surface area contributed by atoms with Crippen molar-refractivity contribution in [1.82, 2.24) is 25.0 Å². The summed E-state index contributed by atoms with van der Waals surface area (Å²) in [6.07, 6.45) is 0.746. The van der Waals surface area contributed by atoms with Gasteiger partial charge in [0.1, 0.15) is 5.82 Å². The molecular formula is C18H23N5O3S. The second-order valence-corrected chi connectivity index (χ2v) is 8.43. The molecule has 1 fully saturated rings. The summed E-state index contributed by atoms with van der Waals surface area (Å²) >= 11 is 1.54. The van der Waals surface area contributed by atoms with E-state index in [0.717, 1.165) is 28.5 Å². The Morgan fingerprint density at radius 3 is 2.81 bits per heavy atom. The van der Waals surface area contributed by atoms with Gasteiger partial charge in [-0.2, -0.15) is 0 Å². The Kier molecular flexibility index (Phi) is 4.96. The van der Waals surface area contributed by atoms with Gasteiger partial charge >= 0.3 is 0 Å². The van der Waals surface area contributed by atoms with E-state index in [1.54, 1.807) is 7.11 Å². The van der Waals surface area contributed by atoms with Gasteiger partial charge in [-0.25, -0.2) is 0 Å². The number of likely N-dealkylation sites (tertiary alicyclic amines) is 1. The fraction of sp³-hybridized carbons (Fsp3) is 0.556. The molecule has 144 valence electrons. The molecule has 4 rings (SSSR count). The Balaban J connectivity index is 1.44. The third kappa shape index (κ3) is 3.49. The maximum atomic E-state index is 12.8. The predicted molar refractivity (Wildman–Crippen MR) is 99.9 cm³/mol. The summed E-state index contributed by atoms with van der Waals surface area (Å²) in [5.74, 6) is 1.74. The first-order valence-corrected chi connectivity index (χ1v) is 9.93. The van der Waals surface area contributed by atoms with E-state index in [4.69, 9.17) is 4.74 Å². The minimum absolute atomic E-state index is 0.107. The van der Waals surface area contributed by atoms with Gasteiger partial charge in [-0.15, -0.1) is 21.5 Å². The van der Waals surface area contributed by atoms with E-state index in [1.165, 1.54) is 11.3 Å². The van der Waals surface area contributed by atoms with Crippen molar-refractivity contribution in [3.63, 3.8) is 0 Å². The minimum Gasteiger partial charge on any atom is -0.383 e. The Morgan fingerprint density at radius 1 is 1.26 bits per heavy atom. The monoisotopic (exact) mass is 389 g/mol. The average molecular weight is 389 g/mol.